The highest BCUT2D eigenvalue weighted by atomic mass is 19.1. The minimum absolute atomic E-state index is 0.221. The molecule has 2 saturated heterocycles. The molecular weight excluding hydrogens is 327 g/mol. The molecule has 2 fully saturated rings. The van der Waals surface area contributed by atoms with Gasteiger partial charge in [0.2, 0.25) is 0 Å². The highest BCUT2D eigenvalue weighted by Crippen LogP contribution is 2.36. The summed E-state index contributed by atoms with van der Waals surface area (Å²) < 4.78 is 19.4. The molecule has 2 aliphatic heterocycles. The van der Waals surface area contributed by atoms with Crippen LogP contribution in [0.4, 0.5) is 4.39 Å². The summed E-state index contributed by atoms with van der Waals surface area (Å²) in [5, 5.41) is 7.48. The molecule has 4 heteroatoms. The Morgan fingerprint density at radius 2 is 1.88 bits per heavy atom. The van der Waals surface area contributed by atoms with Crippen molar-refractivity contribution in [3.63, 3.8) is 0 Å². The van der Waals surface area contributed by atoms with E-state index in [9.17, 15) is 4.39 Å². The van der Waals surface area contributed by atoms with Gasteiger partial charge in [-0.05, 0) is 56.0 Å². The topological polar surface area (TPSA) is 33.3 Å². The Balaban J connectivity index is 1.36. The standard InChI is InChI=1S/C22H27FN2O/c23-20-6-2-1-5-18(20)15-26-19-9-7-17(8-10-19)21-11-13-22(25-21)12-3-4-14-24-16-22/h1-2,5-10,21,24-25H,3-4,11-16H2/t21-,22-/m1/s1. The first-order valence-electron chi connectivity index (χ1n) is 9.69. The average Bonchev–Trinajstić information content (AvgIpc) is 2.94. The van der Waals surface area contributed by atoms with Gasteiger partial charge in [0.15, 0.2) is 0 Å². The van der Waals surface area contributed by atoms with Crippen LogP contribution in [0.2, 0.25) is 0 Å². The molecule has 0 radical (unpaired) electrons. The molecule has 0 bridgehead atoms. The van der Waals surface area contributed by atoms with Gasteiger partial charge in [-0.15, -0.1) is 0 Å². The van der Waals surface area contributed by atoms with E-state index in [1.54, 1.807) is 12.1 Å². The Bertz CT molecular complexity index is 723. The quantitative estimate of drug-likeness (QED) is 0.857. The second-order valence-electron chi connectivity index (χ2n) is 7.60. The Hall–Kier alpha value is -1.91. The predicted molar refractivity (Wildman–Crippen MR) is 102 cm³/mol. The van der Waals surface area contributed by atoms with E-state index < -0.39 is 0 Å². The van der Waals surface area contributed by atoms with Gasteiger partial charge in [0.25, 0.3) is 0 Å². The summed E-state index contributed by atoms with van der Waals surface area (Å²) in [6.45, 7) is 2.47. The highest BCUT2D eigenvalue weighted by Gasteiger charge is 2.38. The normalized spacial score (nSPS) is 26.0. The molecule has 26 heavy (non-hydrogen) atoms. The number of halogens is 1. The minimum Gasteiger partial charge on any atom is -0.489 e. The van der Waals surface area contributed by atoms with Gasteiger partial charge in [-0.2, -0.15) is 0 Å². The van der Waals surface area contributed by atoms with Crippen LogP contribution in [-0.4, -0.2) is 18.6 Å². The Morgan fingerprint density at radius 3 is 2.73 bits per heavy atom. The maximum absolute atomic E-state index is 13.7. The SMILES string of the molecule is Fc1ccccc1COc1ccc([C@H]2CC[C@@]3(CCCCNC3)N2)cc1. The van der Waals surface area contributed by atoms with Crippen LogP contribution in [0.3, 0.4) is 0 Å². The number of ether oxygens (including phenoxy) is 1. The number of nitrogens with one attached hydrogen (secondary N) is 2. The number of rotatable bonds is 4. The zero-order valence-corrected chi connectivity index (χ0v) is 15.1. The average molecular weight is 354 g/mol. The van der Waals surface area contributed by atoms with Crippen molar-refractivity contribution in [2.24, 2.45) is 0 Å². The summed E-state index contributed by atoms with van der Waals surface area (Å²) in [5.74, 6) is 0.558. The van der Waals surface area contributed by atoms with Gasteiger partial charge in [0.1, 0.15) is 18.2 Å². The van der Waals surface area contributed by atoms with Crippen LogP contribution in [-0.2, 0) is 6.61 Å². The monoisotopic (exact) mass is 354 g/mol. The summed E-state index contributed by atoms with van der Waals surface area (Å²) in [6.07, 6.45) is 6.26. The van der Waals surface area contributed by atoms with E-state index in [-0.39, 0.29) is 18.0 Å². The molecule has 0 unspecified atom stereocenters. The zero-order chi connectivity index (χ0) is 17.8. The van der Waals surface area contributed by atoms with Gasteiger partial charge in [-0.25, -0.2) is 4.39 Å². The lowest BCUT2D eigenvalue weighted by atomic mass is 9.92. The second-order valence-corrected chi connectivity index (χ2v) is 7.60. The van der Waals surface area contributed by atoms with Crippen molar-refractivity contribution in [3.8, 4) is 5.75 Å². The van der Waals surface area contributed by atoms with Crippen LogP contribution in [0, 0.1) is 5.82 Å². The Labute approximate surface area is 155 Å². The Morgan fingerprint density at radius 1 is 1.04 bits per heavy atom. The fourth-order valence-electron chi connectivity index (χ4n) is 4.22. The molecule has 0 saturated carbocycles. The molecule has 0 aliphatic carbocycles. The molecule has 3 nitrogen and oxygen atoms in total. The third-order valence-electron chi connectivity index (χ3n) is 5.75. The van der Waals surface area contributed by atoms with Gasteiger partial charge < -0.3 is 15.4 Å². The summed E-state index contributed by atoms with van der Waals surface area (Å²) in [7, 11) is 0. The second kappa shape index (κ2) is 7.77. The first kappa shape index (κ1) is 17.5. The van der Waals surface area contributed by atoms with Crippen LogP contribution in [0.5, 0.6) is 5.75 Å². The molecule has 2 aliphatic rings. The predicted octanol–water partition coefficient (Wildman–Crippen LogP) is 4.34. The summed E-state index contributed by atoms with van der Waals surface area (Å²) in [5.41, 5.74) is 2.16. The van der Waals surface area contributed by atoms with Gasteiger partial charge in [0.05, 0.1) is 0 Å². The lowest BCUT2D eigenvalue weighted by Crippen LogP contribution is -2.47. The van der Waals surface area contributed by atoms with E-state index >= 15 is 0 Å². The molecule has 4 rings (SSSR count). The van der Waals surface area contributed by atoms with Gasteiger partial charge >= 0.3 is 0 Å². The van der Waals surface area contributed by atoms with E-state index in [2.05, 4.69) is 22.8 Å². The molecule has 2 heterocycles. The third kappa shape index (κ3) is 3.92. The molecule has 2 aromatic rings. The van der Waals surface area contributed by atoms with E-state index in [1.807, 2.05) is 18.2 Å². The molecule has 0 aromatic heterocycles. The molecule has 0 amide bonds. The van der Waals surface area contributed by atoms with Gasteiger partial charge in [0, 0.05) is 23.7 Å². The van der Waals surface area contributed by atoms with E-state index in [0.717, 1.165) is 18.8 Å². The smallest absolute Gasteiger partial charge is 0.129 e. The molecular formula is C22H27FN2O. The molecule has 2 aromatic carbocycles. The van der Waals surface area contributed by atoms with Crippen molar-refractivity contribution in [1.82, 2.24) is 10.6 Å². The summed E-state index contributed by atoms with van der Waals surface area (Å²) in [4.78, 5) is 0. The van der Waals surface area contributed by atoms with Gasteiger partial charge in [-0.3, -0.25) is 0 Å². The van der Waals surface area contributed by atoms with Crippen molar-refractivity contribution < 1.29 is 9.13 Å². The maximum atomic E-state index is 13.7. The van der Waals surface area contributed by atoms with E-state index in [4.69, 9.17) is 4.74 Å². The van der Waals surface area contributed by atoms with E-state index in [0.29, 0.717) is 11.6 Å². The van der Waals surface area contributed by atoms with Crippen LogP contribution >= 0.6 is 0 Å². The summed E-state index contributed by atoms with van der Waals surface area (Å²) >= 11 is 0. The third-order valence-corrected chi connectivity index (χ3v) is 5.75. The lowest BCUT2D eigenvalue weighted by Gasteiger charge is -2.29. The van der Waals surface area contributed by atoms with Gasteiger partial charge in [-0.1, -0.05) is 36.8 Å². The zero-order valence-electron chi connectivity index (χ0n) is 15.1. The van der Waals surface area contributed by atoms with Crippen LogP contribution < -0.4 is 15.4 Å². The van der Waals surface area contributed by atoms with Crippen molar-refractivity contribution >= 4 is 0 Å². The molecule has 138 valence electrons. The van der Waals surface area contributed by atoms with E-state index in [1.165, 1.54) is 43.7 Å². The van der Waals surface area contributed by atoms with Crippen LogP contribution in [0.1, 0.15) is 49.3 Å². The largest absolute Gasteiger partial charge is 0.489 e. The number of hydrogen-bond acceptors (Lipinski definition) is 3. The first-order chi connectivity index (χ1) is 12.7. The van der Waals surface area contributed by atoms with Crippen LogP contribution in [0.15, 0.2) is 48.5 Å². The highest BCUT2D eigenvalue weighted by molar-refractivity contribution is 5.31. The molecule has 1 spiro atoms. The van der Waals surface area contributed by atoms with Crippen molar-refractivity contribution in [1.29, 1.82) is 0 Å². The van der Waals surface area contributed by atoms with Crippen molar-refractivity contribution in [2.75, 3.05) is 13.1 Å². The summed E-state index contributed by atoms with van der Waals surface area (Å²) in [6, 6.07) is 15.4. The minimum atomic E-state index is -0.221. The lowest BCUT2D eigenvalue weighted by molar-refractivity contribution is 0.299. The fraction of sp³-hybridized carbons (Fsp3) is 0.455. The maximum Gasteiger partial charge on any atom is 0.129 e. The molecule has 2 atom stereocenters. The van der Waals surface area contributed by atoms with Crippen molar-refractivity contribution in [3.05, 3.63) is 65.5 Å². The van der Waals surface area contributed by atoms with Crippen LogP contribution in [0.25, 0.3) is 0 Å². The number of hydrogen-bond donors (Lipinski definition) is 2. The Kier molecular flexibility index (Phi) is 5.23. The first-order valence-corrected chi connectivity index (χ1v) is 9.69. The fourth-order valence-corrected chi connectivity index (χ4v) is 4.22. The number of benzene rings is 2. The van der Waals surface area contributed by atoms with Crippen molar-refractivity contribution in [2.45, 2.75) is 50.3 Å². The molecule has 2 N–H and O–H groups in total.